The van der Waals surface area contributed by atoms with Gasteiger partial charge in [0.1, 0.15) is 6.61 Å². The van der Waals surface area contributed by atoms with E-state index in [1.165, 1.54) is 0 Å². The summed E-state index contributed by atoms with van der Waals surface area (Å²) in [5.41, 5.74) is 0.370. The van der Waals surface area contributed by atoms with Crippen molar-refractivity contribution < 1.29 is 66.4 Å². The fraction of sp³-hybridized carbons (Fsp3) is 0.906. The molecule has 0 saturated heterocycles. The average molecular weight is 686 g/mol. The van der Waals surface area contributed by atoms with Crippen LogP contribution in [0.4, 0.5) is 0 Å². The van der Waals surface area contributed by atoms with Gasteiger partial charge >= 0.3 is 5.97 Å². The van der Waals surface area contributed by atoms with Crippen LogP contribution in [0.2, 0.25) is 0 Å². The second kappa shape index (κ2) is 39.1. The lowest BCUT2D eigenvalue weighted by atomic mass is 10.4. The van der Waals surface area contributed by atoms with Gasteiger partial charge in [-0.3, -0.25) is 0 Å². The van der Waals surface area contributed by atoms with Gasteiger partial charge in [-0.1, -0.05) is 6.58 Å². The zero-order chi connectivity index (χ0) is 34.3. The molecule has 0 amide bonds. The quantitative estimate of drug-likeness (QED) is 0.0512. The third-order valence-electron chi connectivity index (χ3n) is 5.58. The summed E-state index contributed by atoms with van der Waals surface area (Å²) in [7, 11) is 4.03. The summed E-state index contributed by atoms with van der Waals surface area (Å²) in [6, 6.07) is 0. The van der Waals surface area contributed by atoms with Gasteiger partial charge in [0.15, 0.2) is 0 Å². The Labute approximate surface area is 282 Å². The number of hydrogen-bond acceptors (Lipinski definition) is 15. The minimum absolute atomic E-state index is 0.199. The molecule has 15 heteroatoms. The van der Waals surface area contributed by atoms with E-state index in [0.717, 1.165) is 6.54 Å². The molecule has 0 aromatic carbocycles. The third kappa shape index (κ3) is 40.8. The topological polar surface area (TPSA) is 140 Å². The maximum Gasteiger partial charge on any atom is 0.333 e. The molecule has 47 heavy (non-hydrogen) atoms. The first-order valence-corrected chi connectivity index (χ1v) is 16.4. The first kappa shape index (κ1) is 45.7. The van der Waals surface area contributed by atoms with Crippen molar-refractivity contribution in [1.29, 1.82) is 0 Å². The predicted molar refractivity (Wildman–Crippen MR) is 174 cm³/mol. The van der Waals surface area contributed by atoms with E-state index in [4.69, 9.17) is 61.6 Å². The summed E-state index contributed by atoms with van der Waals surface area (Å²) in [4.78, 5) is 13.3. The second-order valence-corrected chi connectivity index (χ2v) is 10.1. The van der Waals surface area contributed by atoms with Crippen molar-refractivity contribution in [1.82, 2.24) is 4.90 Å². The molecule has 0 heterocycles. The monoisotopic (exact) mass is 685 g/mol. The van der Waals surface area contributed by atoms with Crippen molar-refractivity contribution in [3.8, 4) is 0 Å². The normalized spacial score (nSPS) is 11.5. The molecular formula is C32H63NO14. The molecule has 0 aromatic heterocycles. The molecule has 15 nitrogen and oxygen atoms in total. The van der Waals surface area contributed by atoms with Gasteiger partial charge in [0.2, 0.25) is 0 Å². The van der Waals surface area contributed by atoms with Crippen LogP contribution in [0.1, 0.15) is 6.92 Å². The van der Waals surface area contributed by atoms with Gasteiger partial charge in [-0.05, 0) is 21.0 Å². The molecule has 0 atom stereocenters. The molecule has 0 N–H and O–H groups in total. The molecule has 0 fully saturated rings. The van der Waals surface area contributed by atoms with Crippen LogP contribution in [0.25, 0.3) is 0 Å². The largest absolute Gasteiger partial charge is 0.460 e. The number of ether oxygens (including phenoxy) is 13. The third-order valence-corrected chi connectivity index (χ3v) is 5.58. The standard InChI is InChI=1S/C32H63NO14/c1-31(2)32(34)47-30-29-46-28-27-45-26-25-44-24-23-43-22-21-42-20-19-41-18-17-40-16-15-39-14-13-38-12-11-37-10-9-36-8-7-35-6-5-33(3)4/h1,5-30H2,2-4H3. The second-order valence-electron chi connectivity index (χ2n) is 10.1. The molecule has 0 radical (unpaired) electrons. The van der Waals surface area contributed by atoms with Gasteiger partial charge < -0.3 is 66.5 Å². The summed E-state index contributed by atoms with van der Waals surface area (Å²) in [6.07, 6.45) is 0. The predicted octanol–water partition coefficient (Wildman–Crippen LogP) is 0.867. The van der Waals surface area contributed by atoms with E-state index in [-0.39, 0.29) is 6.61 Å². The molecular weight excluding hydrogens is 622 g/mol. The Hall–Kier alpha value is -1.31. The van der Waals surface area contributed by atoms with Crippen LogP contribution in [0.5, 0.6) is 0 Å². The minimum Gasteiger partial charge on any atom is -0.460 e. The van der Waals surface area contributed by atoms with Gasteiger partial charge in [-0.25, -0.2) is 4.79 Å². The number of likely N-dealkylation sites (N-methyl/N-ethyl adjacent to an activating group) is 1. The van der Waals surface area contributed by atoms with Crippen LogP contribution in [-0.4, -0.2) is 197 Å². The van der Waals surface area contributed by atoms with Gasteiger partial charge in [0.05, 0.1) is 159 Å². The van der Waals surface area contributed by atoms with E-state index >= 15 is 0 Å². The fourth-order valence-corrected chi connectivity index (χ4v) is 3.08. The van der Waals surface area contributed by atoms with E-state index in [9.17, 15) is 4.79 Å². The van der Waals surface area contributed by atoms with Crippen molar-refractivity contribution in [3.05, 3.63) is 12.2 Å². The Morgan fingerprint density at radius 2 is 0.574 bits per heavy atom. The van der Waals surface area contributed by atoms with Crippen LogP contribution in [-0.2, 0) is 66.4 Å². The summed E-state index contributed by atoms with van der Waals surface area (Å²) in [5, 5.41) is 0. The van der Waals surface area contributed by atoms with Crippen LogP contribution < -0.4 is 0 Å². The van der Waals surface area contributed by atoms with Crippen molar-refractivity contribution in [2.45, 2.75) is 6.92 Å². The molecule has 0 unspecified atom stereocenters. The van der Waals surface area contributed by atoms with E-state index < -0.39 is 5.97 Å². The van der Waals surface area contributed by atoms with Crippen molar-refractivity contribution in [2.24, 2.45) is 0 Å². The maximum absolute atomic E-state index is 11.2. The van der Waals surface area contributed by atoms with Crippen LogP contribution in [0.3, 0.4) is 0 Å². The van der Waals surface area contributed by atoms with E-state index in [1.807, 2.05) is 14.1 Å². The summed E-state index contributed by atoms with van der Waals surface area (Å²) in [6.45, 7) is 18.3. The number of esters is 1. The first-order valence-electron chi connectivity index (χ1n) is 16.4. The lowest BCUT2D eigenvalue weighted by Gasteiger charge is -2.10. The van der Waals surface area contributed by atoms with Crippen LogP contribution in [0.15, 0.2) is 12.2 Å². The highest BCUT2D eigenvalue weighted by Gasteiger charge is 2.02. The SMILES string of the molecule is C=C(C)C(=O)OCCOCCOCCOCCOCCOCCOCCOCCOCCOCCOCCOCCOCCN(C)C. The molecule has 0 aliphatic rings. The molecule has 0 saturated carbocycles. The van der Waals surface area contributed by atoms with Gasteiger partial charge in [-0.15, -0.1) is 0 Å². The van der Waals surface area contributed by atoms with Crippen LogP contribution >= 0.6 is 0 Å². The highest BCUT2D eigenvalue weighted by atomic mass is 16.6. The van der Waals surface area contributed by atoms with E-state index in [1.54, 1.807) is 6.92 Å². The van der Waals surface area contributed by atoms with E-state index in [2.05, 4.69) is 11.5 Å². The molecule has 280 valence electrons. The number of nitrogens with zero attached hydrogens (tertiary/aromatic N) is 1. The summed E-state index contributed by atoms with van der Waals surface area (Å²) in [5.74, 6) is -0.413. The highest BCUT2D eigenvalue weighted by molar-refractivity contribution is 5.86. The zero-order valence-electron chi connectivity index (χ0n) is 29.3. The summed E-state index contributed by atoms with van der Waals surface area (Å²) >= 11 is 0. The number of rotatable bonds is 40. The zero-order valence-corrected chi connectivity index (χ0v) is 29.3. The Morgan fingerprint density at radius 1 is 0.383 bits per heavy atom. The lowest BCUT2D eigenvalue weighted by Crippen LogP contribution is -2.19. The maximum atomic E-state index is 11.2. The van der Waals surface area contributed by atoms with Crippen molar-refractivity contribution >= 4 is 5.97 Å². The smallest absolute Gasteiger partial charge is 0.333 e. The van der Waals surface area contributed by atoms with Crippen molar-refractivity contribution in [3.63, 3.8) is 0 Å². The van der Waals surface area contributed by atoms with Gasteiger partial charge in [0.25, 0.3) is 0 Å². The summed E-state index contributed by atoms with van der Waals surface area (Å²) < 4.78 is 70.2. The Balaban J connectivity index is 3.07. The Morgan fingerprint density at radius 3 is 0.766 bits per heavy atom. The Bertz CT molecular complexity index is 659. The van der Waals surface area contributed by atoms with E-state index in [0.29, 0.717) is 164 Å². The van der Waals surface area contributed by atoms with Gasteiger partial charge in [0, 0.05) is 12.1 Å². The van der Waals surface area contributed by atoms with Crippen molar-refractivity contribution in [2.75, 3.05) is 186 Å². The number of carbonyl (C=O) groups is 1. The molecule has 0 aliphatic carbocycles. The minimum atomic E-state index is -0.413. The fourth-order valence-electron chi connectivity index (χ4n) is 3.08. The lowest BCUT2D eigenvalue weighted by molar-refractivity contribution is -0.140. The molecule has 0 rings (SSSR count). The average Bonchev–Trinajstić information content (AvgIpc) is 3.05. The molecule has 0 bridgehead atoms. The number of hydrogen-bond donors (Lipinski definition) is 0. The molecule has 0 aromatic rings. The molecule has 0 spiro atoms. The number of carbonyl (C=O) groups excluding carboxylic acids is 1. The van der Waals surface area contributed by atoms with Gasteiger partial charge in [-0.2, -0.15) is 0 Å². The molecule has 0 aliphatic heterocycles. The Kier molecular flexibility index (Phi) is 38.0. The first-order chi connectivity index (χ1) is 23.0. The van der Waals surface area contributed by atoms with Crippen LogP contribution in [0, 0.1) is 0 Å². The highest BCUT2D eigenvalue weighted by Crippen LogP contribution is 1.92.